The van der Waals surface area contributed by atoms with Gasteiger partial charge in [0.15, 0.2) is 0 Å². The third kappa shape index (κ3) is 3.67. The maximum absolute atomic E-state index is 12.5. The molecule has 0 unspecified atom stereocenters. The van der Waals surface area contributed by atoms with E-state index in [2.05, 4.69) is 31.9 Å². The van der Waals surface area contributed by atoms with Crippen molar-refractivity contribution in [2.75, 3.05) is 5.73 Å². The Labute approximate surface area is 130 Å². The Morgan fingerprint density at radius 1 is 1.00 bits per heavy atom. The predicted octanol–water partition coefficient (Wildman–Crippen LogP) is 5.60. The molecule has 2 aromatic carbocycles. The summed E-state index contributed by atoms with van der Waals surface area (Å²) in [6.45, 7) is 0. The smallest absolute Gasteiger partial charge is 0.416 e. The summed E-state index contributed by atoms with van der Waals surface area (Å²) in [5.74, 6) is 0.702. The number of hydrogen-bond acceptors (Lipinski definition) is 2. The lowest BCUT2D eigenvalue weighted by Gasteiger charge is -2.12. The van der Waals surface area contributed by atoms with Crippen molar-refractivity contribution in [1.82, 2.24) is 0 Å². The first-order valence-corrected chi connectivity index (χ1v) is 6.95. The van der Waals surface area contributed by atoms with E-state index in [9.17, 15) is 13.2 Å². The number of alkyl halides is 3. The van der Waals surface area contributed by atoms with Gasteiger partial charge in [0.05, 0.1) is 10.0 Å². The van der Waals surface area contributed by atoms with Crippen molar-refractivity contribution in [3.63, 3.8) is 0 Å². The van der Waals surface area contributed by atoms with Crippen molar-refractivity contribution < 1.29 is 17.9 Å². The summed E-state index contributed by atoms with van der Waals surface area (Å²) >= 11 is 6.33. The van der Waals surface area contributed by atoms with Crippen LogP contribution in [-0.4, -0.2) is 0 Å². The van der Waals surface area contributed by atoms with Crippen molar-refractivity contribution in [3.8, 4) is 11.5 Å². The third-order valence-electron chi connectivity index (χ3n) is 2.38. The maximum atomic E-state index is 12.5. The fraction of sp³-hybridized carbons (Fsp3) is 0.0769. The minimum Gasteiger partial charge on any atom is -0.456 e. The molecule has 106 valence electrons. The van der Waals surface area contributed by atoms with Crippen LogP contribution in [0.25, 0.3) is 0 Å². The van der Waals surface area contributed by atoms with Crippen molar-refractivity contribution >= 4 is 37.5 Å². The summed E-state index contributed by atoms with van der Waals surface area (Å²) in [5.41, 5.74) is 5.40. The Bertz CT molecular complexity index is 624. The number of benzene rings is 2. The van der Waals surface area contributed by atoms with Gasteiger partial charge in [0, 0.05) is 16.2 Å². The lowest BCUT2D eigenvalue weighted by molar-refractivity contribution is -0.137. The van der Waals surface area contributed by atoms with Crippen LogP contribution in [0.3, 0.4) is 0 Å². The molecule has 20 heavy (non-hydrogen) atoms. The molecule has 0 radical (unpaired) electrons. The molecular weight excluding hydrogens is 403 g/mol. The molecule has 0 aliphatic carbocycles. The zero-order valence-electron chi connectivity index (χ0n) is 9.84. The molecule has 2 rings (SSSR count). The quantitative estimate of drug-likeness (QED) is 0.653. The second-order valence-corrected chi connectivity index (χ2v) is 5.74. The molecular formula is C13H8Br2F3NO. The highest BCUT2D eigenvalue weighted by Crippen LogP contribution is 2.37. The van der Waals surface area contributed by atoms with E-state index in [0.717, 1.165) is 16.6 Å². The van der Waals surface area contributed by atoms with Gasteiger partial charge in [-0.2, -0.15) is 13.2 Å². The van der Waals surface area contributed by atoms with Gasteiger partial charge in [-0.3, -0.25) is 0 Å². The molecule has 0 aliphatic rings. The second kappa shape index (κ2) is 5.65. The highest BCUT2D eigenvalue weighted by molar-refractivity contribution is 9.10. The Morgan fingerprint density at radius 3 is 2.25 bits per heavy atom. The van der Waals surface area contributed by atoms with Crippen molar-refractivity contribution in [1.29, 1.82) is 0 Å². The van der Waals surface area contributed by atoms with Gasteiger partial charge >= 0.3 is 6.18 Å². The van der Waals surface area contributed by atoms with E-state index >= 15 is 0 Å². The molecule has 0 spiro atoms. The van der Waals surface area contributed by atoms with Crippen LogP contribution in [0, 0.1) is 0 Å². The molecule has 0 saturated carbocycles. The number of hydrogen-bond donors (Lipinski definition) is 1. The second-order valence-electron chi connectivity index (χ2n) is 3.97. The van der Waals surface area contributed by atoms with Gasteiger partial charge < -0.3 is 10.5 Å². The van der Waals surface area contributed by atoms with Gasteiger partial charge in [0.1, 0.15) is 11.5 Å². The highest BCUT2D eigenvalue weighted by Gasteiger charge is 2.31. The van der Waals surface area contributed by atoms with Crippen LogP contribution in [-0.2, 0) is 6.18 Å². The van der Waals surface area contributed by atoms with Gasteiger partial charge in [-0.15, -0.1) is 0 Å². The molecule has 2 aromatic rings. The molecule has 7 heteroatoms. The summed E-state index contributed by atoms with van der Waals surface area (Å²) in [7, 11) is 0. The van der Waals surface area contributed by atoms with Gasteiger partial charge in [-0.25, -0.2) is 0 Å². The summed E-state index contributed by atoms with van der Waals surface area (Å²) in [6, 6.07) is 8.12. The largest absolute Gasteiger partial charge is 0.456 e. The Kier molecular flexibility index (Phi) is 4.29. The Morgan fingerprint density at radius 2 is 1.70 bits per heavy atom. The zero-order chi connectivity index (χ0) is 14.9. The topological polar surface area (TPSA) is 35.2 Å². The number of nitrogen functional groups attached to an aromatic ring is 1. The van der Waals surface area contributed by atoms with Crippen LogP contribution in [0.15, 0.2) is 45.3 Å². The van der Waals surface area contributed by atoms with Gasteiger partial charge in [0.25, 0.3) is 0 Å². The molecule has 0 bridgehead atoms. The lowest BCUT2D eigenvalue weighted by atomic mass is 10.2. The van der Waals surface area contributed by atoms with Crippen LogP contribution in [0.1, 0.15) is 5.56 Å². The minimum atomic E-state index is -4.39. The first-order valence-electron chi connectivity index (χ1n) is 5.36. The number of rotatable bonds is 2. The van der Waals surface area contributed by atoms with E-state index in [4.69, 9.17) is 10.5 Å². The molecule has 0 fully saturated rings. The Hall–Kier alpha value is -1.21. The number of halogens is 5. The number of ether oxygens (including phenoxy) is 1. The number of anilines is 1. The van der Waals surface area contributed by atoms with E-state index in [1.807, 2.05) is 0 Å². The highest BCUT2D eigenvalue weighted by atomic mass is 79.9. The van der Waals surface area contributed by atoms with Gasteiger partial charge in [-0.05, 0) is 46.3 Å². The Balaban J connectivity index is 2.30. The third-order valence-corrected chi connectivity index (χ3v) is 3.46. The average Bonchev–Trinajstić information content (AvgIpc) is 2.29. The molecule has 0 amide bonds. The molecule has 0 aromatic heterocycles. The normalized spacial score (nSPS) is 11.4. The average molecular weight is 411 g/mol. The summed E-state index contributed by atoms with van der Waals surface area (Å²) < 4.78 is 44.1. The van der Waals surface area contributed by atoms with E-state index in [0.29, 0.717) is 11.4 Å². The number of nitrogens with two attached hydrogens (primary N) is 1. The maximum Gasteiger partial charge on any atom is 0.416 e. The van der Waals surface area contributed by atoms with Crippen LogP contribution in [0.2, 0.25) is 0 Å². The molecule has 0 heterocycles. The van der Waals surface area contributed by atoms with Crippen molar-refractivity contribution in [2.24, 2.45) is 0 Å². The standard InChI is InChI=1S/C13H8Br2F3NO/c14-8-4-9(19)6-10(5-8)20-12-2-1-7(3-11(12)15)13(16,17)18/h1-6H,19H2. The van der Waals surface area contributed by atoms with Crippen LogP contribution in [0.5, 0.6) is 11.5 Å². The first-order chi connectivity index (χ1) is 9.25. The summed E-state index contributed by atoms with van der Waals surface area (Å²) in [6.07, 6.45) is -4.39. The fourth-order valence-electron chi connectivity index (χ4n) is 1.53. The van der Waals surface area contributed by atoms with Crippen LogP contribution in [0.4, 0.5) is 18.9 Å². The molecule has 0 saturated heterocycles. The first kappa shape index (κ1) is 15.2. The van der Waals surface area contributed by atoms with Crippen molar-refractivity contribution in [3.05, 3.63) is 50.9 Å². The van der Waals surface area contributed by atoms with E-state index in [1.165, 1.54) is 6.07 Å². The molecule has 2 N–H and O–H groups in total. The van der Waals surface area contributed by atoms with Crippen molar-refractivity contribution in [2.45, 2.75) is 6.18 Å². The summed E-state index contributed by atoms with van der Waals surface area (Å²) in [4.78, 5) is 0. The van der Waals surface area contributed by atoms with E-state index < -0.39 is 11.7 Å². The van der Waals surface area contributed by atoms with Crippen LogP contribution >= 0.6 is 31.9 Å². The molecule has 0 atom stereocenters. The van der Waals surface area contributed by atoms with E-state index in [-0.39, 0.29) is 10.2 Å². The van der Waals surface area contributed by atoms with Crippen LogP contribution < -0.4 is 10.5 Å². The SMILES string of the molecule is Nc1cc(Br)cc(Oc2ccc(C(F)(F)F)cc2Br)c1. The minimum absolute atomic E-state index is 0.214. The van der Waals surface area contributed by atoms with Gasteiger partial charge in [-0.1, -0.05) is 15.9 Å². The fourth-order valence-corrected chi connectivity index (χ4v) is 2.48. The monoisotopic (exact) mass is 409 g/mol. The lowest BCUT2D eigenvalue weighted by Crippen LogP contribution is -2.04. The summed E-state index contributed by atoms with van der Waals surface area (Å²) in [5, 5.41) is 0. The van der Waals surface area contributed by atoms with Gasteiger partial charge in [0.2, 0.25) is 0 Å². The molecule has 0 aliphatic heterocycles. The molecule has 2 nitrogen and oxygen atoms in total. The zero-order valence-corrected chi connectivity index (χ0v) is 13.0. The predicted molar refractivity (Wildman–Crippen MR) is 77.8 cm³/mol. The van der Waals surface area contributed by atoms with E-state index in [1.54, 1.807) is 18.2 Å².